The summed E-state index contributed by atoms with van der Waals surface area (Å²) < 4.78 is 0. The first kappa shape index (κ1) is 18.7. The highest BCUT2D eigenvalue weighted by atomic mass is 32.2. The van der Waals surface area contributed by atoms with Crippen molar-refractivity contribution in [2.75, 3.05) is 24.7 Å². The number of rotatable bonds is 7. The number of aromatic nitrogens is 2. The highest BCUT2D eigenvalue weighted by molar-refractivity contribution is 7.99. The molecule has 0 atom stereocenters. The lowest BCUT2D eigenvalue weighted by molar-refractivity contribution is -0.124. The van der Waals surface area contributed by atoms with Crippen LogP contribution in [0.5, 0.6) is 0 Å². The van der Waals surface area contributed by atoms with Crippen LogP contribution in [0.15, 0.2) is 59.8 Å². The summed E-state index contributed by atoms with van der Waals surface area (Å²) in [6, 6.07) is 17.4. The molecule has 0 aliphatic rings. The third-order valence-electron chi connectivity index (χ3n) is 3.68. The Morgan fingerprint density at radius 3 is 2.48 bits per heavy atom. The number of hydrogen-bond acceptors (Lipinski definition) is 6. The van der Waals surface area contributed by atoms with Crippen LogP contribution in [0, 0.1) is 0 Å². The lowest BCUT2D eigenvalue weighted by Crippen LogP contribution is -2.36. The minimum Gasteiger partial charge on any atom is -0.358 e. The van der Waals surface area contributed by atoms with Gasteiger partial charge in [-0.25, -0.2) is 9.97 Å². The van der Waals surface area contributed by atoms with Crippen molar-refractivity contribution in [3.8, 4) is 0 Å². The number of carbonyl (C=O) groups excluding carboxylic acids is 2. The second kappa shape index (κ2) is 9.00. The number of fused-ring (bicyclic) bond motifs is 1. The van der Waals surface area contributed by atoms with E-state index in [9.17, 15) is 9.59 Å². The summed E-state index contributed by atoms with van der Waals surface area (Å²) >= 11 is 1.22. The minimum atomic E-state index is -0.252. The molecule has 7 nitrogen and oxygen atoms in total. The number of nitrogens with one attached hydrogen (secondary N) is 3. The van der Waals surface area contributed by atoms with E-state index in [2.05, 4.69) is 25.9 Å². The van der Waals surface area contributed by atoms with Gasteiger partial charge < -0.3 is 16.0 Å². The van der Waals surface area contributed by atoms with Crippen LogP contribution >= 0.6 is 11.8 Å². The quantitative estimate of drug-likeness (QED) is 0.429. The van der Waals surface area contributed by atoms with E-state index in [4.69, 9.17) is 0 Å². The Hall–Kier alpha value is -3.13. The summed E-state index contributed by atoms with van der Waals surface area (Å²) in [5.74, 6) is 0.308. The number of amides is 2. The van der Waals surface area contributed by atoms with Gasteiger partial charge in [0.05, 0.1) is 17.8 Å². The SMILES string of the molecule is CNC(=O)CNC(=O)CSc1nc(Nc2ccccc2)c2ccccc2n1. The van der Waals surface area contributed by atoms with Gasteiger partial charge in [-0.1, -0.05) is 42.1 Å². The van der Waals surface area contributed by atoms with Crippen LogP contribution in [-0.4, -0.2) is 41.1 Å². The van der Waals surface area contributed by atoms with Crippen LogP contribution < -0.4 is 16.0 Å². The molecule has 1 heterocycles. The van der Waals surface area contributed by atoms with E-state index >= 15 is 0 Å². The molecular weight excluding hydrogens is 362 g/mol. The molecule has 3 N–H and O–H groups in total. The molecule has 0 aliphatic heterocycles. The van der Waals surface area contributed by atoms with E-state index in [-0.39, 0.29) is 24.1 Å². The first-order valence-corrected chi connectivity index (χ1v) is 9.33. The standard InChI is InChI=1S/C19H19N5O2S/c1-20-16(25)11-21-17(26)12-27-19-23-15-10-6-5-9-14(15)18(24-19)22-13-7-3-2-4-8-13/h2-10H,11-12H2,1H3,(H,20,25)(H,21,26)(H,22,23,24). The van der Waals surface area contributed by atoms with Crippen LogP contribution in [0.4, 0.5) is 11.5 Å². The van der Waals surface area contributed by atoms with E-state index < -0.39 is 0 Å². The van der Waals surface area contributed by atoms with E-state index in [0.717, 1.165) is 16.6 Å². The number of likely N-dealkylation sites (N-methyl/N-ethyl adjacent to an activating group) is 1. The maximum absolute atomic E-state index is 11.9. The molecule has 27 heavy (non-hydrogen) atoms. The minimum absolute atomic E-state index is 0.0463. The zero-order valence-corrected chi connectivity index (χ0v) is 15.5. The van der Waals surface area contributed by atoms with Crippen molar-refractivity contribution < 1.29 is 9.59 Å². The highest BCUT2D eigenvalue weighted by Gasteiger charge is 2.11. The Balaban J connectivity index is 1.76. The maximum atomic E-state index is 11.9. The third kappa shape index (κ3) is 5.18. The zero-order chi connectivity index (χ0) is 19.1. The molecule has 2 amide bonds. The smallest absolute Gasteiger partial charge is 0.239 e. The summed E-state index contributed by atoms with van der Waals surface area (Å²) in [7, 11) is 1.52. The highest BCUT2D eigenvalue weighted by Crippen LogP contribution is 2.26. The van der Waals surface area contributed by atoms with Gasteiger partial charge in [-0.3, -0.25) is 9.59 Å². The zero-order valence-electron chi connectivity index (χ0n) is 14.7. The Kier molecular flexibility index (Phi) is 6.22. The molecule has 2 aromatic carbocycles. The summed E-state index contributed by atoms with van der Waals surface area (Å²) in [4.78, 5) is 32.2. The van der Waals surface area contributed by atoms with Gasteiger partial charge in [0, 0.05) is 18.1 Å². The fourth-order valence-electron chi connectivity index (χ4n) is 2.32. The van der Waals surface area contributed by atoms with Crippen molar-refractivity contribution in [1.29, 1.82) is 0 Å². The summed E-state index contributed by atoms with van der Waals surface area (Å²) in [6.45, 7) is -0.0463. The normalized spacial score (nSPS) is 10.4. The Labute approximate surface area is 161 Å². The molecule has 3 aromatic rings. The van der Waals surface area contributed by atoms with Gasteiger partial charge in [0.15, 0.2) is 5.16 Å². The third-order valence-corrected chi connectivity index (χ3v) is 4.52. The van der Waals surface area contributed by atoms with Crippen molar-refractivity contribution in [3.05, 3.63) is 54.6 Å². The second-order valence-electron chi connectivity index (χ2n) is 5.60. The van der Waals surface area contributed by atoms with Gasteiger partial charge >= 0.3 is 0 Å². The molecular formula is C19H19N5O2S. The number of anilines is 2. The molecule has 3 rings (SSSR count). The van der Waals surface area contributed by atoms with Crippen molar-refractivity contribution >= 4 is 46.0 Å². The fraction of sp³-hybridized carbons (Fsp3) is 0.158. The van der Waals surface area contributed by atoms with Crippen molar-refractivity contribution in [2.24, 2.45) is 0 Å². The molecule has 0 aliphatic carbocycles. The predicted octanol–water partition coefficient (Wildman–Crippen LogP) is 2.33. The summed E-state index contributed by atoms with van der Waals surface area (Å²) in [6.07, 6.45) is 0. The molecule has 138 valence electrons. The van der Waals surface area contributed by atoms with Crippen molar-refractivity contribution in [2.45, 2.75) is 5.16 Å². The number of thioether (sulfide) groups is 1. The number of benzene rings is 2. The van der Waals surface area contributed by atoms with E-state index in [0.29, 0.717) is 11.0 Å². The molecule has 0 spiro atoms. The fourth-order valence-corrected chi connectivity index (χ4v) is 3.00. The molecule has 0 bridgehead atoms. The Morgan fingerprint density at radius 2 is 1.70 bits per heavy atom. The van der Waals surface area contributed by atoms with Crippen LogP contribution in [0.25, 0.3) is 10.9 Å². The molecule has 0 unspecified atom stereocenters. The number of para-hydroxylation sites is 2. The maximum Gasteiger partial charge on any atom is 0.239 e. The van der Waals surface area contributed by atoms with E-state index in [1.807, 2.05) is 54.6 Å². The topological polar surface area (TPSA) is 96.0 Å². The van der Waals surface area contributed by atoms with Gasteiger partial charge in [-0.05, 0) is 24.3 Å². The van der Waals surface area contributed by atoms with Crippen LogP contribution in [0.3, 0.4) is 0 Å². The molecule has 0 saturated heterocycles. The van der Waals surface area contributed by atoms with Gasteiger partial charge in [0.2, 0.25) is 11.8 Å². The molecule has 8 heteroatoms. The monoisotopic (exact) mass is 381 g/mol. The van der Waals surface area contributed by atoms with Gasteiger partial charge in [0.1, 0.15) is 5.82 Å². The van der Waals surface area contributed by atoms with Gasteiger partial charge in [-0.15, -0.1) is 0 Å². The van der Waals surface area contributed by atoms with Crippen molar-refractivity contribution in [3.63, 3.8) is 0 Å². The van der Waals surface area contributed by atoms with Gasteiger partial charge in [0.25, 0.3) is 0 Å². The number of hydrogen-bond donors (Lipinski definition) is 3. The van der Waals surface area contributed by atoms with E-state index in [1.54, 1.807) is 0 Å². The van der Waals surface area contributed by atoms with E-state index in [1.165, 1.54) is 18.8 Å². The lowest BCUT2D eigenvalue weighted by Gasteiger charge is -2.10. The molecule has 0 saturated carbocycles. The van der Waals surface area contributed by atoms with Crippen LogP contribution in [0.2, 0.25) is 0 Å². The summed E-state index contributed by atoms with van der Waals surface area (Å²) in [5, 5.41) is 9.69. The van der Waals surface area contributed by atoms with Crippen LogP contribution in [0.1, 0.15) is 0 Å². The van der Waals surface area contributed by atoms with Crippen molar-refractivity contribution in [1.82, 2.24) is 20.6 Å². The number of carbonyl (C=O) groups is 2. The van der Waals surface area contributed by atoms with Crippen LogP contribution in [-0.2, 0) is 9.59 Å². The Bertz CT molecular complexity index is 949. The average Bonchev–Trinajstić information content (AvgIpc) is 2.71. The molecule has 0 radical (unpaired) electrons. The Morgan fingerprint density at radius 1 is 0.963 bits per heavy atom. The summed E-state index contributed by atoms with van der Waals surface area (Å²) in [5.41, 5.74) is 1.71. The number of nitrogens with zero attached hydrogens (tertiary/aromatic N) is 2. The second-order valence-corrected chi connectivity index (χ2v) is 6.54. The largest absolute Gasteiger partial charge is 0.358 e. The average molecular weight is 381 g/mol. The molecule has 1 aromatic heterocycles. The predicted molar refractivity (Wildman–Crippen MR) is 107 cm³/mol. The first-order chi connectivity index (χ1) is 13.2. The lowest BCUT2D eigenvalue weighted by atomic mass is 10.2. The first-order valence-electron chi connectivity index (χ1n) is 8.34. The molecule has 0 fully saturated rings. The van der Waals surface area contributed by atoms with Gasteiger partial charge in [-0.2, -0.15) is 0 Å².